The van der Waals surface area contributed by atoms with Crippen molar-refractivity contribution in [3.05, 3.63) is 69.8 Å². The molecule has 1 N–H and O–H groups in total. The number of rotatable bonds is 2. The number of nitrogens with zero attached hydrogens (tertiary/aromatic N) is 1. The second-order valence-corrected chi connectivity index (χ2v) is 6.69. The van der Waals surface area contributed by atoms with Crippen LogP contribution in [0.2, 0.25) is 0 Å². The predicted octanol–water partition coefficient (Wildman–Crippen LogP) is 5.26. The number of halogens is 1. The summed E-state index contributed by atoms with van der Waals surface area (Å²) in [6.07, 6.45) is 3.36. The van der Waals surface area contributed by atoms with Gasteiger partial charge >= 0.3 is 0 Å². The molecular formula is C19H17BrN2. The molecule has 2 aromatic carbocycles. The van der Waals surface area contributed by atoms with Crippen LogP contribution in [0.3, 0.4) is 0 Å². The van der Waals surface area contributed by atoms with Gasteiger partial charge in [-0.3, -0.25) is 4.99 Å². The summed E-state index contributed by atoms with van der Waals surface area (Å²) in [5.41, 5.74) is 6.39. The molecule has 1 aliphatic rings. The fraction of sp³-hybridized carbons (Fsp3) is 0.211. The summed E-state index contributed by atoms with van der Waals surface area (Å²) in [5.74, 6) is 0. The van der Waals surface area contributed by atoms with Gasteiger partial charge in [-0.15, -0.1) is 0 Å². The fourth-order valence-electron chi connectivity index (χ4n) is 3.22. The van der Waals surface area contributed by atoms with E-state index in [4.69, 9.17) is 4.99 Å². The van der Waals surface area contributed by atoms with Crippen LogP contribution >= 0.6 is 15.9 Å². The summed E-state index contributed by atoms with van der Waals surface area (Å²) in [6, 6.07) is 16.9. The lowest BCUT2D eigenvalue weighted by molar-refractivity contribution is 0.815. The van der Waals surface area contributed by atoms with Crippen molar-refractivity contribution in [1.29, 1.82) is 0 Å². The van der Waals surface area contributed by atoms with Crippen molar-refractivity contribution in [3.8, 4) is 0 Å². The van der Waals surface area contributed by atoms with Crippen molar-refractivity contribution in [2.75, 3.05) is 0 Å². The van der Waals surface area contributed by atoms with Gasteiger partial charge in [-0.25, -0.2) is 0 Å². The Morgan fingerprint density at radius 2 is 1.91 bits per heavy atom. The van der Waals surface area contributed by atoms with E-state index in [2.05, 4.69) is 63.4 Å². The highest BCUT2D eigenvalue weighted by Crippen LogP contribution is 2.31. The molecule has 1 aromatic heterocycles. The minimum atomic E-state index is 0.760. The quantitative estimate of drug-likeness (QED) is 0.651. The fourth-order valence-corrected chi connectivity index (χ4v) is 3.58. The Hall–Kier alpha value is -1.87. The molecule has 0 saturated carbocycles. The van der Waals surface area contributed by atoms with Gasteiger partial charge < -0.3 is 4.98 Å². The van der Waals surface area contributed by atoms with Gasteiger partial charge in [0.2, 0.25) is 0 Å². The SMILES string of the molecule is Brc1ccc2[nH]c3c(c2c1)C(=NCc1ccccc1)CCC3. The predicted molar refractivity (Wildman–Crippen MR) is 95.6 cm³/mol. The number of nitrogens with one attached hydrogen (secondary N) is 1. The number of aromatic amines is 1. The first-order valence-electron chi connectivity index (χ1n) is 7.69. The summed E-state index contributed by atoms with van der Waals surface area (Å²) in [6.45, 7) is 0.760. The van der Waals surface area contributed by atoms with Gasteiger partial charge in [0, 0.05) is 32.3 Å². The van der Waals surface area contributed by atoms with E-state index in [0.29, 0.717) is 0 Å². The number of aliphatic imine (C=N–C) groups is 1. The van der Waals surface area contributed by atoms with Gasteiger partial charge in [0.05, 0.1) is 6.54 Å². The lowest BCUT2D eigenvalue weighted by Gasteiger charge is -2.14. The van der Waals surface area contributed by atoms with Crippen LogP contribution in [-0.4, -0.2) is 10.7 Å². The number of aryl methyl sites for hydroxylation is 1. The molecule has 110 valence electrons. The number of H-pyrrole nitrogens is 1. The third kappa shape index (κ3) is 2.50. The average Bonchev–Trinajstić information content (AvgIpc) is 2.92. The first-order chi connectivity index (χ1) is 10.8. The molecule has 4 rings (SSSR count). The zero-order valence-corrected chi connectivity index (χ0v) is 13.9. The Labute approximate surface area is 138 Å². The zero-order valence-electron chi connectivity index (χ0n) is 12.3. The van der Waals surface area contributed by atoms with Crippen LogP contribution in [0.4, 0.5) is 0 Å². The second kappa shape index (κ2) is 5.73. The first-order valence-corrected chi connectivity index (χ1v) is 8.48. The second-order valence-electron chi connectivity index (χ2n) is 5.77. The Kier molecular flexibility index (Phi) is 3.59. The Morgan fingerprint density at radius 1 is 1.05 bits per heavy atom. The lowest BCUT2D eigenvalue weighted by Crippen LogP contribution is -2.11. The molecule has 1 aliphatic carbocycles. The number of hydrogen-bond acceptors (Lipinski definition) is 1. The van der Waals surface area contributed by atoms with Crippen LogP contribution in [0.5, 0.6) is 0 Å². The summed E-state index contributed by atoms with van der Waals surface area (Å²) < 4.78 is 1.12. The van der Waals surface area contributed by atoms with Gasteiger partial charge in [-0.05, 0) is 43.0 Å². The Balaban J connectivity index is 1.78. The van der Waals surface area contributed by atoms with E-state index in [0.717, 1.165) is 23.9 Å². The van der Waals surface area contributed by atoms with Crippen LogP contribution in [0.1, 0.15) is 29.7 Å². The number of aromatic nitrogens is 1. The summed E-state index contributed by atoms with van der Waals surface area (Å²) in [5, 5.41) is 1.29. The van der Waals surface area contributed by atoms with Crippen LogP contribution < -0.4 is 0 Å². The molecule has 2 nitrogen and oxygen atoms in total. The molecule has 0 saturated heterocycles. The van der Waals surface area contributed by atoms with Crippen LogP contribution in [-0.2, 0) is 13.0 Å². The van der Waals surface area contributed by atoms with Gasteiger partial charge in [0.1, 0.15) is 0 Å². The average molecular weight is 353 g/mol. The number of fused-ring (bicyclic) bond motifs is 3. The molecule has 22 heavy (non-hydrogen) atoms. The van der Waals surface area contributed by atoms with Crippen LogP contribution in [0, 0.1) is 0 Å². The monoisotopic (exact) mass is 352 g/mol. The third-order valence-electron chi connectivity index (χ3n) is 4.26. The molecule has 0 unspecified atom stereocenters. The molecule has 0 atom stereocenters. The smallest absolute Gasteiger partial charge is 0.0643 e. The van der Waals surface area contributed by atoms with Crippen LogP contribution in [0.15, 0.2) is 58.0 Å². The molecular weight excluding hydrogens is 336 g/mol. The molecule has 0 aliphatic heterocycles. The van der Waals surface area contributed by atoms with E-state index >= 15 is 0 Å². The van der Waals surface area contributed by atoms with Gasteiger partial charge in [0.25, 0.3) is 0 Å². The standard InChI is InChI=1S/C19H17BrN2/c20-14-9-10-16-15(11-14)19-17(7-4-8-18(19)22-16)21-12-13-5-2-1-3-6-13/h1-3,5-6,9-11,22H,4,7-8,12H2. The highest BCUT2D eigenvalue weighted by atomic mass is 79.9. The number of hydrogen-bond donors (Lipinski definition) is 1. The van der Waals surface area contributed by atoms with Gasteiger partial charge in [-0.2, -0.15) is 0 Å². The highest BCUT2D eigenvalue weighted by Gasteiger charge is 2.20. The van der Waals surface area contributed by atoms with Crippen molar-refractivity contribution in [2.24, 2.45) is 4.99 Å². The third-order valence-corrected chi connectivity index (χ3v) is 4.76. The van der Waals surface area contributed by atoms with E-state index in [9.17, 15) is 0 Å². The molecule has 0 spiro atoms. The van der Waals surface area contributed by atoms with E-state index in [1.54, 1.807) is 0 Å². The van der Waals surface area contributed by atoms with Crippen molar-refractivity contribution < 1.29 is 0 Å². The maximum Gasteiger partial charge on any atom is 0.0643 e. The summed E-state index contributed by atoms with van der Waals surface area (Å²) in [7, 11) is 0. The van der Waals surface area contributed by atoms with Gasteiger partial charge in [-0.1, -0.05) is 46.3 Å². The van der Waals surface area contributed by atoms with E-state index in [1.165, 1.54) is 39.9 Å². The Bertz CT molecular complexity index is 847. The molecule has 3 aromatic rings. The van der Waals surface area contributed by atoms with Crippen LogP contribution in [0.25, 0.3) is 10.9 Å². The van der Waals surface area contributed by atoms with Gasteiger partial charge in [0.15, 0.2) is 0 Å². The minimum Gasteiger partial charge on any atom is -0.358 e. The molecule has 0 radical (unpaired) electrons. The zero-order chi connectivity index (χ0) is 14.9. The Morgan fingerprint density at radius 3 is 2.77 bits per heavy atom. The summed E-state index contributed by atoms with van der Waals surface area (Å²) in [4.78, 5) is 8.50. The molecule has 0 amide bonds. The minimum absolute atomic E-state index is 0.760. The number of benzene rings is 2. The van der Waals surface area contributed by atoms with Crippen molar-refractivity contribution in [2.45, 2.75) is 25.8 Å². The van der Waals surface area contributed by atoms with Crippen molar-refractivity contribution >= 4 is 32.5 Å². The largest absolute Gasteiger partial charge is 0.358 e. The maximum atomic E-state index is 4.93. The molecule has 0 bridgehead atoms. The van der Waals surface area contributed by atoms with E-state index in [-0.39, 0.29) is 0 Å². The topological polar surface area (TPSA) is 28.1 Å². The van der Waals surface area contributed by atoms with Crippen molar-refractivity contribution in [1.82, 2.24) is 4.98 Å². The maximum absolute atomic E-state index is 4.93. The molecule has 0 fully saturated rings. The lowest BCUT2D eigenvalue weighted by atomic mass is 9.93. The van der Waals surface area contributed by atoms with E-state index in [1.807, 2.05) is 6.07 Å². The van der Waals surface area contributed by atoms with E-state index < -0.39 is 0 Å². The normalized spacial score (nSPS) is 16.1. The summed E-state index contributed by atoms with van der Waals surface area (Å²) >= 11 is 3.59. The molecule has 1 heterocycles. The first kappa shape index (κ1) is 13.8. The van der Waals surface area contributed by atoms with Crippen molar-refractivity contribution in [3.63, 3.8) is 0 Å². The molecule has 3 heteroatoms. The highest BCUT2D eigenvalue weighted by molar-refractivity contribution is 9.10.